The van der Waals surface area contributed by atoms with Gasteiger partial charge in [-0.05, 0) is 79.1 Å². The first kappa shape index (κ1) is 27.3. The van der Waals surface area contributed by atoms with Gasteiger partial charge in [-0.2, -0.15) is 0 Å². The lowest BCUT2D eigenvalue weighted by atomic mass is 9.35. The van der Waals surface area contributed by atoms with Crippen LogP contribution in [0, 0.1) is 57.3 Å². The van der Waals surface area contributed by atoms with Crippen LogP contribution in [0.2, 0.25) is 0 Å². The van der Waals surface area contributed by atoms with Gasteiger partial charge in [0.05, 0.1) is 19.7 Å². The average Bonchev–Trinajstić information content (AvgIpc) is 2.86. The smallest absolute Gasteiger partial charge is 0.319 e. The molecule has 0 unspecified atom stereocenters. The molecule has 0 spiro atoms. The Labute approximate surface area is 227 Å². The van der Waals surface area contributed by atoms with Crippen molar-refractivity contribution in [3.63, 3.8) is 0 Å². The van der Waals surface area contributed by atoms with E-state index in [1.165, 1.54) is 0 Å². The van der Waals surface area contributed by atoms with Crippen LogP contribution >= 0.6 is 0 Å². The maximum atomic E-state index is 14.4. The number of ketones is 2. The van der Waals surface area contributed by atoms with Gasteiger partial charge >= 0.3 is 5.97 Å². The number of nitrogens with zero attached hydrogens (tertiary/aromatic N) is 1. The summed E-state index contributed by atoms with van der Waals surface area (Å²) in [5.74, 6) is -0.402. The number of fused-ring (bicyclic) bond motifs is 7. The van der Waals surface area contributed by atoms with Crippen LogP contribution < -0.4 is 5.73 Å². The Hall–Kier alpha value is -2.26. The molecule has 0 radical (unpaired) electrons. The van der Waals surface area contributed by atoms with E-state index in [-0.39, 0.29) is 75.1 Å². The van der Waals surface area contributed by atoms with Gasteiger partial charge in [0.2, 0.25) is 5.70 Å². The van der Waals surface area contributed by atoms with Crippen LogP contribution in [-0.2, 0) is 19.1 Å². The molecule has 2 N–H and O–H groups in total. The van der Waals surface area contributed by atoms with Crippen LogP contribution in [-0.4, -0.2) is 30.7 Å². The molecule has 3 fully saturated rings. The molecule has 0 heterocycles. The Morgan fingerprint density at radius 2 is 1.76 bits per heavy atom. The monoisotopic (exact) mass is 520 g/mol. The molecule has 0 amide bonds. The third kappa shape index (κ3) is 3.56. The Balaban J connectivity index is 1.63. The minimum Gasteiger partial charge on any atom is -0.464 e. The quantitative estimate of drug-likeness (QED) is 0.382. The largest absolute Gasteiger partial charge is 0.464 e. The third-order valence-electron chi connectivity index (χ3n) is 12.4. The molecule has 0 aromatic carbocycles. The number of hydrogen-bond acceptors (Lipinski definition) is 5. The molecule has 0 aromatic rings. The molecule has 6 nitrogen and oxygen atoms in total. The van der Waals surface area contributed by atoms with Crippen molar-refractivity contribution in [1.29, 1.82) is 0 Å². The van der Waals surface area contributed by atoms with E-state index < -0.39 is 5.41 Å². The topological polar surface area (TPSA) is 90.8 Å². The highest BCUT2D eigenvalue weighted by atomic mass is 16.5. The molecular weight excluding hydrogens is 476 g/mol. The van der Waals surface area contributed by atoms with Gasteiger partial charge < -0.3 is 15.3 Å². The van der Waals surface area contributed by atoms with Crippen LogP contribution in [0.1, 0.15) is 86.5 Å². The lowest BCUT2D eigenvalue weighted by Crippen LogP contribution is -2.64. The summed E-state index contributed by atoms with van der Waals surface area (Å²) in [7, 11) is 0. The zero-order valence-electron chi connectivity index (χ0n) is 24.0. The number of rotatable bonds is 3. The predicted molar refractivity (Wildman–Crippen MR) is 145 cm³/mol. The molecule has 0 bridgehead atoms. The maximum absolute atomic E-state index is 14.4. The maximum Gasteiger partial charge on any atom is 0.319 e. The molecule has 5 aliphatic carbocycles. The van der Waals surface area contributed by atoms with E-state index in [0.29, 0.717) is 6.61 Å². The highest BCUT2D eigenvalue weighted by molar-refractivity contribution is 6.01. The third-order valence-corrected chi connectivity index (χ3v) is 12.4. The first-order valence-electron chi connectivity index (χ1n) is 14.4. The number of Topliss-reactive ketones (excluding diaryl/α,β-unsaturated/α-hetero) is 1. The van der Waals surface area contributed by atoms with Crippen LogP contribution in [0.15, 0.2) is 23.4 Å². The Morgan fingerprint density at radius 1 is 1.08 bits per heavy atom. The summed E-state index contributed by atoms with van der Waals surface area (Å²) in [5.41, 5.74) is 5.87. The molecule has 5 rings (SSSR count). The van der Waals surface area contributed by atoms with Gasteiger partial charge in [-0.25, -0.2) is 4.85 Å². The minimum atomic E-state index is -0.485. The molecule has 38 heavy (non-hydrogen) atoms. The predicted octanol–water partition coefficient (Wildman–Crippen LogP) is 5.67. The van der Waals surface area contributed by atoms with Gasteiger partial charge in [-0.15, -0.1) is 0 Å². The standard InChI is InChI=1S/C32H44N2O4/c1-19-20-8-9-30(5)24(29(20,4)16-22(34-7)27(19)37)14-23(35)26-21-15-28(2,3)10-12-32(21,13-11-31(26,30)6)18-38-25(36)17-33/h14,16,19-21,26H,8-13,15,17-18,33H2,1-6H3/t19-,20-,21-,26-,29-,30+,31+,32+/m0/s1. The molecule has 0 saturated heterocycles. The van der Waals surface area contributed by atoms with Crippen molar-refractivity contribution in [3.8, 4) is 0 Å². The summed E-state index contributed by atoms with van der Waals surface area (Å²) in [6, 6.07) is 0. The van der Waals surface area contributed by atoms with Crippen molar-refractivity contribution >= 4 is 17.5 Å². The van der Waals surface area contributed by atoms with Crippen molar-refractivity contribution in [1.82, 2.24) is 0 Å². The van der Waals surface area contributed by atoms with E-state index in [2.05, 4.69) is 39.5 Å². The van der Waals surface area contributed by atoms with Crippen LogP contribution in [0.25, 0.3) is 4.85 Å². The number of esters is 1. The fourth-order valence-corrected chi connectivity index (χ4v) is 9.87. The van der Waals surface area contributed by atoms with Gasteiger partial charge in [0.25, 0.3) is 0 Å². The fourth-order valence-electron chi connectivity index (χ4n) is 9.87. The van der Waals surface area contributed by atoms with Gasteiger partial charge in [0.15, 0.2) is 11.6 Å². The summed E-state index contributed by atoms with van der Waals surface area (Å²) in [5, 5.41) is 0. The molecule has 0 aromatic heterocycles. The van der Waals surface area contributed by atoms with Gasteiger partial charge in [0.1, 0.15) is 0 Å². The highest BCUT2D eigenvalue weighted by Gasteiger charge is 2.69. The van der Waals surface area contributed by atoms with Crippen molar-refractivity contribution in [3.05, 3.63) is 34.8 Å². The van der Waals surface area contributed by atoms with Crippen molar-refractivity contribution in [2.45, 2.75) is 86.5 Å². The van der Waals surface area contributed by atoms with Crippen molar-refractivity contribution in [2.24, 2.45) is 56.5 Å². The van der Waals surface area contributed by atoms with E-state index in [4.69, 9.17) is 17.0 Å². The zero-order valence-corrected chi connectivity index (χ0v) is 24.0. The van der Waals surface area contributed by atoms with Crippen molar-refractivity contribution in [2.75, 3.05) is 13.2 Å². The molecular formula is C32H44N2O4. The van der Waals surface area contributed by atoms with Crippen LogP contribution in [0.4, 0.5) is 0 Å². The Kier molecular flexibility index (Phi) is 6.19. The number of nitrogens with two attached hydrogens (primary N) is 1. The Bertz CT molecular complexity index is 1190. The molecule has 3 saturated carbocycles. The summed E-state index contributed by atoms with van der Waals surface area (Å²) in [4.78, 5) is 43.0. The van der Waals surface area contributed by atoms with E-state index in [1.54, 1.807) is 0 Å². The summed E-state index contributed by atoms with van der Waals surface area (Å²) in [6.45, 7) is 21.3. The lowest BCUT2D eigenvalue weighted by Gasteiger charge is -2.68. The Morgan fingerprint density at radius 3 is 2.42 bits per heavy atom. The van der Waals surface area contributed by atoms with E-state index in [9.17, 15) is 14.4 Å². The molecule has 0 aliphatic heterocycles. The minimum absolute atomic E-state index is 0.0585. The van der Waals surface area contributed by atoms with E-state index >= 15 is 0 Å². The number of hydrogen-bond donors (Lipinski definition) is 1. The second kappa shape index (κ2) is 8.62. The molecule has 8 atom stereocenters. The summed E-state index contributed by atoms with van der Waals surface area (Å²) >= 11 is 0. The molecule has 206 valence electrons. The first-order valence-corrected chi connectivity index (χ1v) is 14.4. The van der Waals surface area contributed by atoms with Crippen molar-refractivity contribution < 1.29 is 19.1 Å². The van der Waals surface area contributed by atoms with E-state index in [0.717, 1.165) is 50.5 Å². The number of ether oxygens (including phenoxy) is 1. The number of carbonyl (C=O) groups excluding carboxylic acids is 3. The molecule has 5 aliphatic rings. The zero-order chi connectivity index (χ0) is 27.9. The number of allylic oxidation sites excluding steroid dienone is 4. The normalized spacial score (nSPS) is 45.3. The van der Waals surface area contributed by atoms with Gasteiger partial charge in [-0.3, -0.25) is 9.59 Å². The molecule has 6 heteroatoms. The van der Waals surface area contributed by atoms with E-state index in [1.807, 2.05) is 19.1 Å². The second-order valence-corrected chi connectivity index (χ2v) is 14.6. The highest BCUT2D eigenvalue weighted by Crippen LogP contribution is 2.73. The average molecular weight is 521 g/mol. The van der Waals surface area contributed by atoms with Crippen LogP contribution in [0.5, 0.6) is 0 Å². The summed E-state index contributed by atoms with van der Waals surface area (Å²) in [6.07, 6.45) is 10.4. The van der Waals surface area contributed by atoms with Gasteiger partial charge in [-0.1, -0.05) is 53.2 Å². The second-order valence-electron chi connectivity index (χ2n) is 14.6. The first-order chi connectivity index (χ1) is 17.7. The number of carbonyl (C=O) groups is 3. The van der Waals surface area contributed by atoms with Gasteiger partial charge in [0, 0.05) is 22.7 Å². The fraction of sp³-hybridized carbons (Fsp3) is 0.750. The SMILES string of the molecule is [C-]#[N+]C1=C[C@]2(C)C3=CC(=O)[C@@H]4[C@@H]5CC(C)(C)CC[C@]5(COC(=O)CN)CC[C@@]4(C)[C@]3(C)CC[C@H]2[C@H](C)C1=O. The van der Waals surface area contributed by atoms with Crippen LogP contribution in [0.3, 0.4) is 0 Å². The summed E-state index contributed by atoms with van der Waals surface area (Å²) < 4.78 is 5.71. The lowest BCUT2D eigenvalue weighted by molar-refractivity contribution is -0.183.